The van der Waals surface area contributed by atoms with Crippen LogP contribution in [0.5, 0.6) is 28.7 Å². The summed E-state index contributed by atoms with van der Waals surface area (Å²) in [6.45, 7) is 0.390. The van der Waals surface area contributed by atoms with E-state index in [0.29, 0.717) is 30.2 Å². The Morgan fingerprint density at radius 1 is 0.920 bits per heavy atom. The van der Waals surface area contributed by atoms with Gasteiger partial charge in [0.1, 0.15) is 0 Å². The number of phenolic OH excluding ortho intramolecular Hbond substituents is 2. The first-order valence-corrected chi connectivity index (χ1v) is 7.54. The number of ether oxygens (including phenoxy) is 3. The lowest BCUT2D eigenvalue weighted by Crippen LogP contribution is -2.15. The molecule has 0 bridgehead atoms. The maximum Gasteiger partial charge on any atom is 0.203 e. The quantitative estimate of drug-likeness (QED) is 0.650. The highest BCUT2D eigenvalue weighted by Crippen LogP contribution is 2.39. The summed E-state index contributed by atoms with van der Waals surface area (Å²) in [7, 11) is 4.70. The largest absolute Gasteiger partial charge is 0.504 e. The zero-order chi connectivity index (χ0) is 17.7. The Balaban J connectivity index is 0.00000312. The van der Waals surface area contributed by atoms with Crippen molar-refractivity contribution >= 4 is 12.4 Å². The second-order valence-electron chi connectivity index (χ2n) is 5.42. The van der Waals surface area contributed by atoms with E-state index in [1.54, 1.807) is 27.4 Å². The van der Waals surface area contributed by atoms with E-state index < -0.39 is 0 Å². The van der Waals surface area contributed by atoms with Crippen molar-refractivity contribution in [3.8, 4) is 28.7 Å². The van der Waals surface area contributed by atoms with Crippen LogP contribution in [0.25, 0.3) is 0 Å². The third kappa shape index (κ3) is 4.61. The highest BCUT2D eigenvalue weighted by atomic mass is 35.5. The molecule has 1 unspecified atom stereocenters. The Bertz CT molecular complexity index is 683. The molecule has 0 aliphatic carbocycles. The van der Waals surface area contributed by atoms with Crippen LogP contribution in [-0.4, -0.2) is 38.1 Å². The van der Waals surface area contributed by atoms with Crippen molar-refractivity contribution in [1.82, 2.24) is 0 Å². The Morgan fingerprint density at radius 3 is 1.96 bits per heavy atom. The fourth-order valence-electron chi connectivity index (χ4n) is 2.67. The number of benzene rings is 2. The molecular formula is C18H24ClNO5. The summed E-state index contributed by atoms with van der Waals surface area (Å²) in [4.78, 5) is 0. The molecule has 0 saturated carbocycles. The topological polar surface area (TPSA) is 94.2 Å². The fourth-order valence-corrected chi connectivity index (χ4v) is 2.67. The fraction of sp³-hybridized carbons (Fsp3) is 0.333. The highest BCUT2D eigenvalue weighted by Gasteiger charge is 2.17. The lowest BCUT2D eigenvalue weighted by atomic mass is 9.91. The number of nitrogens with two attached hydrogens (primary N) is 1. The molecule has 0 saturated heterocycles. The molecule has 0 aromatic heterocycles. The van der Waals surface area contributed by atoms with E-state index in [-0.39, 0.29) is 29.8 Å². The summed E-state index contributed by atoms with van der Waals surface area (Å²) in [5.74, 6) is 1.36. The van der Waals surface area contributed by atoms with Gasteiger partial charge >= 0.3 is 0 Å². The standard InChI is InChI=1S/C18H23NO5.ClH/c1-22-16-7-11(8-17(23-2)18(16)24-3)6-13(10-19)12-4-5-14(20)15(21)9-12;/h4-5,7-9,13,20-21H,6,10,19H2,1-3H3;1H. The van der Waals surface area contributed by atoms with Gasteiger partial charge in [-0.25, -0.2) is 0 Å². The van der Waals surface area contributed by atoms with E-state index in [1.165, 1.54) is 12.1 Å². The molecule has 138 valence electrons. The first-order chi connectivity index (χ1) is 11.5. The summed E-state index contributed by atoms with van der Waals surface area (Å²) >= 11 is 0. The van der Waals surface area contributed by atoms with Crippen LogP contribution in [0.4, 0.5) is 0 Å². The first kappa shape index (κ1) is 20.7. The molecule has 7 heteroatoms. The molecule has 0 radical (unpaired) electrons. The minimum atomic E-state index is -0.157. The SMILES string of the molecule is COc1cc(CC(CN)c2ccc(O)c(O)c2)cc(OC)c1OC.Cl. The van der Waals surface area contributed by atoms with E-state index >= 15 is 0 Å². The van der Waals surface area contributed by atoms with Gasteiger partial charge in [-0.1, -0.05) is 6.07 Å². The maximum absolute atomic E-state index is 9.70. The van der Waals surface area contributed by atoms with Crippen molar-refractivity contribution < 1.29 is 24.4 Å². The number of rotatable bonds is 7. The van der Waals surface area contributed by atoms with Gasteiger partial charge in [-0.3, -0.25) is 0 Å². The molecule has 2 rings (SSSR count). The van der Waals surface area contributed by atoms with Gasteiger partial charge in [0.05, 0.1) is 21.3 Å². The predicted molar refractivity (Wildman–Crippen MR) is 98.6 cm³/mol. The number of hydrogen-bond acceptors (Lipinski definition) is 6. The molecule has 1 atom stereocenters. The molecular weight excluding hydrogens is 346 g/mol. The predicted octanol–water partition coefficient (Wildman–Crippen LogP) is 2.83. The van der Waals surface area contributed by atoms with Gasteiger partial charge < -0.3 is 30.2 Å². The van der Waals surface area contributed by atoms with E-state index in [4.69, 9.17) is 19.9 Å². The average molecular weight is 370 g/mol. The molecule has 25 heavy (non-hydrogen) atoms. The average Bonchev–Trinajstić information content (AvgIpc) is 2.61. The lowest BCUT2D eigenvalue weighted by molar-refractivity contribution is 0.323. The van der Waals surface area contributed by atoms with Crippen LogP contribution >= 0.6 is 12.4 Å². The minimum Gasteiger partial charge on any atom is -0.504 e. The number of methoxy groups -OCH3 is 3. The van der Waals surface area contributed by atoms with Gasteiger partial charge in [0, 0.05) is 5.92 Å². The second kappa shape index (κ2) is 9.25. The van der Waals surface area contributed by atoms with Crippen LogP contribution in [-0.2, 0) is 6.42 Å². The van der Waals surface area contributed by atoms with E-state index in [2.05, 4.69) is 0 Å². The molecule has 6 nitrogen and oxygen atoms in total. The number of phenols is 2. The van der Waals surface area contributed by atoms with Gasteiger partial charge in [-0.05, 0) is 48.4 Å². The van der Waals surface area contributed by atoms with Crippen molar-refractivity contribution in [2.45, 2.75) is 12.3 Å². The molecule has 0 fully saturated rings. The normalized spacial score (nSPS) is 11.4. The number of halogens is 1. The molecule has 0 aliphatic rings. The van der Waals surface area contributed by atoms with Crippen molar-refractivity contribution in [1.29, 1.82) is 0 Å². The van der Waals surface area contributed by atoms with Crippen molar-refractivity contribution in [2.24, 2.45) is 5.73 Å². The van der Waals surface area contributed by atoms with Gasteiger partial charge in [0.15, 0.2) is 23.0 Å². The minimum absolute atomic E-state index is 0. The molecule has 2 aromatic carbocycles. The van der Waals surface area contributed by atoms with Gasteiger partial charge in [-0.2, -0.15) is 0 Å². The Morgan fingerprint density at radius 2 is 1.52 bits per heavy atom. The summed E-state index contributed by atoms with van der Waals surface area (Å²) in [6.07, 6.45) is 0.622. The smallest absolute Gasteiger partial charge is 0.203 e. The molecule has 2 aromatic rings. The monoisotopic (exact) mass is 369 g/mol. The number of hydrogen-bond donors (Lipinski definition) is 3. The second-order valence-corrected chi connectivity index (χ2v) is 5.42. The highest BCUT2D eigenvalue weighted by molar-refractivity contribution is 5.85. The Labute approximate surface area is 153 Å². The van der Waals surface area contributed by atoms with Gasteiger partial charge in [0.2, 0.25) is 5.75 Å². The molecule has 0 heterocycles. The Kier molecular flexibility index (Phi) is 7.67. The Hall–Kier alpha value is -2.31. The lowest BCUT2D eigenvalue weighted by Gasteiger charge is -2.18. The number of aromatic hydroxyl groups is 2. The van der Waals surface area contributed by atoms with Crippen LogP contribution in [0.2, 0.25) is 0 Å². The molecule has 0 amide bonds. The summed E-state index contributed by atoms with van der Waals surface area (Å²) < 4.78 is 16.1. The molecule has 0 aliphatic heterocycles. The van der Waals surface area contributed by atoms with Crippen molar-refractivity contribution in [3.05, 3.63) is 41.5 Å². The molecule has 4 N–H and O–H groups in total. The third-order valence-electron chi connectivity index (χ3n) is 3.96. The van der Waals surface area contributed by atoms with Crippen LogP contribution in [0.3, 0.4) is 0 Å². The maximum atomic E-state index is 9.70. The van der Waals surface area contributed by atoms with Crippen molar-refractivity contribution in [2.75, 3.05) is 27.9 Å². The van der Waals surface area contributed by atoms with Gasteiger partial charge in [-0.15, -0.1) is 12.4 Å². The van der Waals surface area contributed by atoms with Gasteiger partial charge in [0.25, 0.3) is 0 Å². The van der Waals surface area contributed by atoms with E-state index in [0.717, 1.165) is 11.1 Å². The van der Waals surface area contributed by atoms with Crippen LogP contribution in [0.1, 0.15) is 17.0 Å². The zero-order valence-electron chi connectivity index (χ0n) is 14.5. The van der Waals surface area contributed by atoms with E-state index in [1.807, 2.05) is 12.1 Å². The van der Waals surface area contributed by atoms with Crippen LogP contribution in [0.15, 0.2) is 30.3 Å². The molecule has 0 spiro atoms. The summed E-state index contributed by atoms with van der Waals surface area (Å²) in [5.41, 5.74) is 7.72. The summed E-state index contributed by atoms with van der Waals surface area (Å²) in [6, 6.07) is 8.51. The summed E-state index contributed by atoms with van der Waals surface area (Å²) in [5, 5.41) is 19.1. The zero-order valence-corrected chi connectivity index (χ0v) is 15.3. The third-order valence-corrected chi connectivity index (χ3v) is 3.96. The van der Waals surface area contributed by atoms with E-state index in [9.17, 15) is 10.2 Å². The van der Waals surface area contributed by atoms with Crippen molar-refractivity contribution in [3.63, 3.8) is 0 Å². The first-order valence-electron chi connectivity index (χ1n) is 7.54. The van der Waals surface area contributed by atoms with Crippen LogP contribution in [0, 0.1) is 0 Å². The van der Waals surface area contributed by atoms with Crippen LogP contribution < -0.4 is 19.9 Å².